The lowest BCUT2D eigenvalue weighted by molar-refractivity contribution is 0.0839. The molecule has 2 N–H and O–H groups in total. The van der Waals surface area contributed by atoms with E-state index in [1.807, 2.05) is 26.0 Å². The summed E-state index contributed by atoms with van der Waals surface area (Å²) < 4.78 is 4.91. The topological polar surface area (TPSA) is 58.6 Å². The summed E-state index contributed by atoms with van der Waals surface area (Å²) in [6.07, 6.45) is 0. The molecule has 1 rings (SSSR count). The van der Waals surface area contributed by atoms with Gasteiger partial charge in [-0.3, -0.25) is 4.79 Å². The van der Waals surface area contributed by atoms with Crippen molar-refractivity contribution in [3.63, 3.8) is 0 Å². The number of carbonyl (C=O) groups excluding carboxylic acids is 1. The van der Waals surface area contributed by atoms with Crippen molar-refractivity contribution in [3.8, 4) is 0 Å². The minimum absolute atomic E-state index is 0.134. The van der Waals surface area contributed by atoms with E-state index in [0.717, 1.165) is 11.1 Å². The number of hydrogen-bond acceptors (Lipinski definition) is 3. The van der Waals surface area contributed by atoms with Gasteiger partial charge in [0.05, 0.1) is 19.3 Å². The smallest absolute Gasteiger partial charge is 0.251 e. The van der Waals surface area contributed by atoms with Crippen LogP contribution in [0.3, 0.4) is 0 Å². The zero-order valence-corrected chi connectivity index (χ0v) is 10.5. The standard InChI is InChI=1S/C13H19NO3/c1-9-4-5-12(10(2)6-9)13(16)14-11(7-15)8-17-3/h4-6,11,15H,7-8H2,1-3H3,(H,14,16). The molecule has 1 atom stereocenters. The van der Waals surface area contributed by atoms with Crippen LogP contribution >= 0.6 is 0 Å². The van der Waals surface area contributed by atoms with Crippen LogP contribution in [0.15, 0.2) is 18.2 Å². The first-order valence-electron chi connectivity index (χ1n) is 5.56. The minimum Gasteiger partial charge on any atom is -0.394 e. The van der Waals surface area contributed by atoms with Crippen LogP contribution in [-0.2, 0) is 4.74 Å². The molecule has 1 aromatic rings. The predicted octanol–water partition coefficient (Wildman–Crippen LogP) is 1.04. The number of aliphatic hydroxyl groups excluding tert-OH is 1. The summed E-state index contributed by atoms with van der Waals surface area (Å²) in [4.78, 5) is 11.9. The molecule has 0 aliphatic rings. The van der Waals surface area contributed by atoms with Gasteiger partial charge in [0.2, 0.25) is 0 Å². The second-order valence-corrected chi connectivity index (χ2v) is 4.13. The van der Waals surface area contributed by atoms with Gasteiger partial charge in [0.1, 0.15) is 0 Å². The third-order valence-corrected chi connectivity index (χ3v) is 2.55. The Morgan fingerprint density at radius 1 is 1.47 bits per heavy atom. The number of nitrogens with one attached hydrogen (secondary N) is 1. The second kappa shape index (κ2) is 6.37. The van der Waals surface area contributed by atoms with E-state index in [4.69, 9.17) is 9.84 Å². The Kier molecular flexibility index (Phi) is 5.12. The molecule has 4 heteroatoms. The normalized spacial score (nSPS) is 12.2. The molecule has 17 heavy (non-hydrogen) atoms. The molecule has 1 unspecified atom stereocenters. The molecule has 0 saturated heterocycles. The van der Waals surface area contributed by atoms with E-state index in [0.29, 0.717) is 12.2 Å². The molecule has 4 nitrogen and oxygen atoms in total. The maximum Gasteiger partial charge on any atom is 0.251 e. The van der Waals surface area contributed by atoms with Crippen molar-refractivity contribution in [3.05, 3.63) is 34.9 Å². The molecule has 0 aromatic heterocycles. The third-order valence-electron chi connectivity index (χ3n) is 2.55. The van der Waals surface area contributed by atoms with E-state index in [-0.39, 0.29) is 18.6 Å². The number of carbonyl (C=O) groups is 1. The molecule has 1 amide bonds. The molecule has 0 aliphatic carbocycles. The first-order valence-corrected chi connectivity index (χ1v) is 5.56. The van der Waals surface area contributed by atoms with Gasteiger partial charge in [0.25, 0.3) is 5.91 Å². The maximum atomic E-state index is 11.9. The van der Waals surface area contributed by atoms with Crippen LogP contribution in [0.4, 0.5) is 0 Å². The van der Waals surface area contributed by atoms with Crippen molar-refractivity contribution in [2.45, 2.75) is 19.9 Å². The number of rotatable bonds is 5. The van der Waals surface area contributed by atoms with Gasteiger partial charge in [-0.25, -0.2) is 0 Å². The van der Waals surface area contributed by atoms with E-state index >= 15 is 0 Å². The second-order valence-electron chi connectivity index (χ2n) is 4.13. The quantitative estimate of drug-likeness (QED) is 0.804. The average Bonchev–Trinajstić information content (AvgIpc) is 2.28. The molecule has 0 saturated carbocycles. The van der Waals surface area contributed by atoms with E-state index in [1.165, 1.54) is 7.11 Å². The van der Waals surface area contributed by atoms with Crippen LogP contribution < -0.4 is 5.32 Å². The highest BCUT2D eigenvalue weighted by molar-refractivity contribution is 5.95. The first-order chi connectivity index (χ1) is 8.08. The summed E-state index contributed by atoms with van der Waals surface area (Å²) in [6, 6.07) is 5.28. The lowest BCUT2D eigenvalue weighted by atomic mass is 10.0. The zero-order valence-electron chi connectivity index (χ0n) is 10.5. The fourth-order valence-electron chi connectivity index (χ4n) is 1.67. The number of methoxy groups -OCH3 is 1. The monoisotopic (exact) mass is 237 g/mol. The van der Waals surface area contributed by atoms with Gasteiger partial charge in [-0.2, -0.15) is 0 Å². The third kappa shape index (κ3) is 3.84. The molecular formula is C13H19NO3. The molecule has 0 bridgehead atoms. The van der Waals surface area contributed by atoms with E-state index in [1.54, 1.807) is 6.07 Å². The van der Waals surface area contributed by atoms with Gasteiger partial charge in [-0.15, -0.1) is 0 Å². The number of hydrogen-bond donors (Lipinski definition) is 2. The highest BCUT2D eigenvalue weighted by Crippen LogP contribution is 2.10. The van der Waals surface area contributed by atoms with Gasteiger partial charge in [-0.05, 0) is 25.5 Å². The molecular weight excluding hydrogens is 218 g/mol. The van der Waals surface area contributed by atoms with E-state index in [2.05, 4.69) is 5.32 Å². The zero-order chi connectivity index (χ0) is 12.8. The highest BCUT2D eigenvalue weighted by atomic mass is 16.5. The molecule has 0 radical (unpaired) electrons. The summed E-state index contributed by atoms with van der Waals surface area (Å²) in [5.41, 5.74) is 2.68. The Hall–Kier alpha value is -1.39. The summed E-state index contributed by atoms with van der Waals surface area (Å²) in [7, 11) is 1.53. The minimum atomic E-state index is -0.367. The Morgan fingerprint density at radius 3 is 2.71 bits per heavy atom. The molecule has 0 aliphatic heterocycles. The number of amides is 1. The average molecular weight is 237 g/mol. The molecule has 94 valence electrons. The Balaban J connectivity index is 2.75. The Labute approximate surface area is 102 Å². The van der Waals surface area contributed by atoms with Crippen molar-refractivity contribution >= 4 is 5.91 Å². The predicted molar refractivity (Wildman–Crippen MR) is 66.1 cm³/mol. The molecule has 1 aromatic carbocycles. The molecule has 0 spiro atoms. The lowest BCUT2D eigenvalue weighted by Crippen LogP contribution is -2.40. The van der Waals surface area contributed by atoms with Crippen LogP contribution in [0, 0.1) is 13.8 Å². The highest BCUT2D eigenvalue weighted by Gasteiger charge is 2.14. The summed E-state index contributed by atoms with van der Waals surface area (Å²) in [5, 5.41) is 11.8. The summed E-state index contributed by atoms with van der Waals surface area (Å²) in [5.74, 6) is -0.182. The lowest BCUT2D eigenvalue weighted by Gasteiger charge is -2.16. The van der Waals surface area contributed by atoms with Crippen molar-refractivity contribution in [2.75, 3.05) is 20.3 Å². The SMILES string of the molecule is COCC(CO)NC(=O)c1ccc(C)cc1C. The maximum absolute atomic E-state index is 11.9. The van der Waals surface area contributed by atoms with E-state index in [9.17, 15) is 4.79 Å². The number of aryl methyl sites for hydroxylation is 2. The van der Waals surface area contributed by atoms with Crippen LogP contribution in [0.25, 0.3) is 0 Å². The summed E-state index contributed by atoms with van der Waals surface area (Å²) >= 11 is 0. The van der Waals surface area contributed by atoms with Gasteiger partial charge in [0.15, 0.2) is 0 Å². The fourth-order valence-corrected chi connectivity index (χ4v) is 1.67. The summed E-state index contributed by atoms with van der Waals surface area (Å²) in [6.45, 7) is 4.04. The van der Waals surface area contributed by atoms with Gasteiger partial charge >= 0.3 is 0 Å². The van der Waals surface area contributed by atoms with Gasteiger partial charge < -0.3 is 15.2 Å². The number of aliphatic hydroxyl groups is 1. The number of ether oxygens (including phenoxy) is 1. The Bertz CT molecular complexity index is 390. The van der Waals surface area contributed by atoms with Crippen molar-refractivity contribution in [2.24, 2.45) is 0 Å². The van der Waals surface area contributed by atoms with Crippen LogP contribution in [0.5, 0.6) is 0 Å². The van der Waals surface area contributed by atoms with Crippen LogP contribution in [0.2, 0.25) is 0 Å². The number of benzene rings is 1. The largest absolute Gasteiger partial charge is 0.394 e. The Morgan fingerprint density at radius 2 is 2.18 bits per heavy atom. The van der Waals surface area contributed by atoms with Crippen molar-refractivity contribution in [1.29, 1.82) is 0 Å². The van der Waals surface area contributed by atoms with Crippen LogP contribution in [0.1, 0.15) is 21.5 Å². The van der Waals surface area contributed by atoms with Crippen molar-refractivity contribution < 1.29 is 14.6 Å². The van der Waals surface area contributed by atoms with Gasteiger partial charge in [0, 0.05) is 12.7 Å². The van der Waals surface area contributed by atoms with Gasteiger partial charge in [-0.1, -0.05) is 17.7 Å². The molecule has 0 heterocycles. The van der Waals surface area contributed by atoms with E-state index < -0.39 is 0 Å². The molecule has 0 fully saturated rings. The first kappa shape index (κ1) is 13.7. The fraction of sp³-hybridized carbons (Fsp3) is 0.462. The van der Waals surface area contributed by atoms with Crippen molar-refractivity contribution in [1.82, 2.24) is 5.32 Å². The van der Waals surface area contributed by atoms with Crippen LogP contribution in [-0.4, -0.2) is 37.4 Å².